The molecule has 0 spiro atoms. The Hall–Kier alpha value is -2.03. The van der Waals surface area contributed by atoms with Crippen LogP contribution in [0.15, 0.2) is 48.5 Å². The Morgan fingerprint density at radius 3 is 2.65 bits per heavy atom. The Labute approximate surface area is 99.0 Å². The molecule has 1 heterocycles. The molecular formula is C14H12FNO. The quantitative estimate of drug-likeness (QED) is 0.809. The van der Waals surface area contributed by atoms with Crippen molar-refractivity contribution in [3.63, 3.8) is 0 Å². The lowest BCUT2D eigenvalue weighted by Gasteiger charge is -2.27. The fourth-order valence-electron chi connectivity index (χ4n) is 1.98. The second-order valence-electron chi connectivity index (χ2n) is 4.04. The second kappa shape index (κ2) is 4.09. The number of rotatable bonds is 1. The Balaban J connectivity index is 1.86. The third kappa shape index (κ3) is 1.96. The molecule has 0 radical (unpaired) electrons. The van der Waals surface area contributed by atoms with Gasteiger partial charge in [0.25, 0.3) is 0 Å². The van der Waals surface area contributed by atoms with Crippen LogP contribution in [0.4, 0.5) is 10.1 Å². The summed E-state index contributed by atoms with van der Waals surface area (Å²) in [5.74, 6) is 0.617. The average molecular weight is 229 g/mol. The van der Waals surface area contributed by atoms with Crippen molar-refractivity contribution in [3.05, 3.63) is 59.9 Å². The minimum atomic E-state index is -0.224. The fraction of sp³-hybridized carbons (Fsp3) is 0.143. The number of ether oxygens (including phenoxy) is 1. The fourth-order valence-corrected chi connectivity index (χ4v) is 1.98. The Morgan fingerprint density at radius 2 is 1.82 bits per heavy atom. The van der Waals surface area contributed by atoms with Crippen LogP contribution in [0.2, 0.25) is 0 Å². The molecule has 0 bridgehead atoms. The molecule has 0 aromatic heterocycles. The zero-order valence-corrected chi connectivity index (χ0v) is 9.19. The molecule has 2 aromatic rings. The van der Waals surface area contributed by atoms with Crippen molar-refractivity contribution < 1.29 is 9.13 Å². The van der Waals surface area contributed by atoms with Crippen LogP contribution in [0, 0.1) is 5.82 Å². The first-order valence-electron chi connectivity index (χ1n) is 5.58. The molecular weight excluding hydrogens is 217 g/mol. The molecule has 3 heteroatoms. The highest BCUT2D eigenvalue weighted by Gasteiger charge is 2.20. The number of benzene rings is 2. The van der Waals surface area contributed by atoms with Gasteiger partial charge in [-0.05, 0) is 29.8 Å². The molecule has 0 aliphatic carbocycles. The van der Waals surface area contributed by atoms with E-state index in [2.05, 4.69) is 5.32 Å². The van der Waals surface area contributed by atoms with E-state index in [0.29, 0.717) is 6.54 Å². The van der Waals surface area contributed by atoms with Gasteiger partial charge in [0, 0.05) is 0 Å². The van der Waals surface area contributed by atoms with Crippen LogP contribution < -0.4 is 10.1 Å². The van der Waals surface area contributed by atoms with Gasteiger partial charge in [-0.3, -0.25) is 0 Å². The zero-order chi connectivity index (χ0) is 11.7. The van der Waals surface area contributed by atoms with Crippen LogP contribution in [0.3, 0.4) is 0 Å². The van der Waals surface area contributed by atoms with Gasteiger partial charge in [0.05, 0.1) is 12.2 Å². The molecule has 0 saturated carbocycles. The van der Waals surface area contributed by atoms with Gasteiger partial charge in [-0.2, -0.15) is 0 Å². The number of para-hydroxylation sites is 2. The van der Waals surface area contributed by atoms with Gasteiger partial charge in [0.15, 0.2) is 0 Å². The largest absolute Gasteiger partial charge is 0.482 e. The summed E-state index contributed by atoms with van der Waals surface area (Å²) in [5, 5.41) is 3.31. The van der Waals surface area contributed by atoms with Crippen molar-refractivity contribution in [2.24, 2.45) is 0 Å². The maximum absolute atomic E-state index is 12.8. The molecule has 1 aliphatic heterocycles. The third-order valence-electron chi connectivity index (χ3n) is 2.88. The zero-order valence-electron chi connectivity index (χ0n) is 9.19. The molecule has 0 saturated heterocycles. The van der Waals surface area contributed by atoms with Gasteiger partial charge >= 0.3 is 0 Å². The number of hydrogen-bond acceptors (Lipinski definition) is 2. The first-order valence-corrected chi connectivity index (χ1v) is 5.58. The Kier molecular flexibility index (Phi) is 2.44. The Morgan fingerprint density at radius 1 is 1.06 bits per heavy atom. The Bertz CT molecular complexity index is 524. The van der Waals surface area contributed by atoms with Crippen LogP contribution in [-0.4, -0.2) is 6.54 Å². The third-order valence-corrected chi connectivity index (χ3v) is 2.88. The summed E-state index contributed by atoms with van der Waals surface area (Å²) < 4.78 is 18.7. The molecule has 1 N–H and O–H groups in total. The van der Waals surface area contributed by atoms with E-state index in [1.54, 1.807) is 12.1 Å². The van der Waals surface area contributed by atoms with Crippen molar-refractivity contribution in [1.29, 1.82) is 0 Å². The minimum Gasteiger partial charge on any atom is -0.482 e. The van der Waals surface area contributed by atoms with Crippen molar-refractivity contribution in [2.75, 3.05) is 11.9 Å². The molecule has 2 nitrogen and oxygen atoms in total. The van der Waals surface area contributed by atoms with Crippen molar-refractivity contribution >= 4 is 5.69 Å². The molecule has 0 fully saturated rings. The smallest absolute Gasteiger partial charge is 0.143 e. The highest BCUT2D eigenvalue weighted by Crippen LogP contribution is 2.33. The molecule has 2 aromatic carbocycles. The van der Waals surface area contributed by atoms with Gasteiger partial charge < -0.3 is 10.1 Å². The van der Waals surface area contributed by atoms with Gasteiger partial charge in [-0.1, -0.05) is 24.3 Å². The summed E-state index contributed by atoms with van der Waals surface area (Å²) in [4.78, 5) is 0. The summed E-state index contributed by atoms with van der Waals surface area (Å²) in [6.45, 7) is 0.697. The maximum Gasteiger partial charge on any atom is 0.143 e. The van der Waals surface area contributed by atoms with E-state index in [1.165, 1.54) is 12.1 Å². The second-order valence-corrected chi connectivity index (χ2v) is 4.04. The normalized spacial score (nSPS) is 17.8. The van der Waals surface area contributed by atoms with Crippen molar-refractivity contribution in [2.45, 2.75) is 6.10 Å². The van der Waals surface area contributed by atoms with E-state index in [0.717, 1.165) is 17.0 Å². The van der Waals surface area contributed by atoms with E-state index in [1.807, 2.05) is 24.3 Å². The monoisotopic (exact) mass is 229 g/mol. The maximum atomic E-state index is 12.8. The number of nitrogens with one attached hydrogen (secondary N) is 1. The SMILES string of the molecule is Fc1ccc(C2CNc3ccccc3O2)cc1. The van der Waals surface area contributed by atoms with Gasteiger partial charge in [0.2, 0.25) is 0 Å². The molecule has 0 amide bonds. The highest BCUT2D eigenvalue weighted by molar-refractivity contribution is 5.58. The van der Waals surface area contributed by atoms with Crippen LogP contribution in [0.5, 0.6) is 5.75 Å². The lowest BCUT2D eigenvalue weighted by molar-refractivity contribution is 0.210. The minimum absolute atomic E-state index is 0.0644. The van der Waals surface area contributed by atoms with E-state index in [9.17, 15) is 4.39 Å². The van der Waals surface area contributed by atoms with Crippen molar-refractivity contribution in [1.82, 2.24) is 0 Å². The summed E-state index contributed by atoms with van der Waals surface area (Å²) >= 11 is 0. The van der Waals surface area contributed by atoms with E-state index < -0.39 is 0 Å². The van der Waals surface area contributed by atoms with Gasteiger partial charge in [-0.25, -0.2) is 4.39 Å². The molecule has 1 unspecified atom stereocenters. The van der Waals surface area contributed by atoms with Crippen LogP contribution >= 0.6 is 0 Å². The summed E-state index contributed by atoms with van der Waals surface area (Å²) in [7, 11) is 0. The lowest BCUT2D eigenvalue weighted by atomic mass is 10.1. The summed E-state index contributed by atoms with van der Waals surface area (Å²) in [5.41, 5.74) is 1.99. The molecule has 3 rings (SSSR count). The van der Waals surface area contributed by atoms with Crippen LogP contribution in [0.1, 0.15) is 11.7 Å². The average Bonchev–Trinajstić information content (AvgIpc) is 2.39. The first kappa shape index (κ1) is 10.1. The number of anilines is 1. The molecule has 17 heavy (non-hydrogen) atoms. The summed E-state index contributed by atoms with van der Waals surface area (Å²) in [6, 6.07) is 14.2. The molecule has 86 valence electrons. The topological polar surface area (TPSA) is 21.3 Å². The van der Waals surface area contributed by atoms with Crippen molar-refractivity contribution in [3.8, 4) is 5.75 Å². The molecule has 1 aliphatic rings. The first-order chi connectivity index (χ1) is 8.33. The lowest BCUT2D eigenvalue weighted by Crippen LogP contribution is -2.23. The summed E-state index contributed by atoms with van der Waals surface area (Å²) in [6.07, 6.45) is -0.0644. The van der Waals surface area contributed by atoms with Crippen LogP contribution in [0.25, 0.3) is 0 Å². The predicted octanol–water partition coefficient (Wildman–Crippen LogP) is 3.37. The van der Waals surface area contributed by atoms with Gasteiger partial charge in [-0.15, -0.1) is 0 Å². The number of halogens is 1. The van der Waals surface area contributed by atoms with E-state index in [4.69, 9.17) is 4.74 Å². The number of fused-ring (bicyclic) bond motifs is 1. The van der Waals surface area contributed by atoms with E-state index >= 15 is 0 Å². The standard InChI is InChI=1S/C14H12FNO/c15-11-7-5-10(6-8-11)14-9-16-12-3-1-2-4-13(12)17-14/h1-8,14,16H,9H2. The number of hydrogen-bond donors (Lipinski definition) is 1. The highest BCUT2D eigenvalue weighted by atomic mass is 19.1. The van der Waals surface area contributed by atoms with Crippen LogP contribution in [-0.2, 0) is 0 Å². The van der Waals surface area contributed by atoms with Gasteiger partial charge in [0.1, 0.15) is 17.7 Å². The predicted molar refractivity (Wildman–Crippen MR) is 64.7 cm³/mol. The van der Waals surface area contributed by atoms with E-state index in [-0.39, 0.29) is 11.9 Å². The molecule has 1 atom stereocenters.